The zero-order valence-electron chi connectivity index (χ0n) is 16.3. The Labute approximate surface area is 169 Å². The maximum atomic E-state index is 10.1. The second-order valence-corrected chi connectivity index (χ2v) is 6.74. The molecule has 0 fully saturated rings. The Morgan fingerprint density at radius 1 is 0.966 bits per heavy atom. The number of aromatic hydroxyl groups is 1. The van der Waals surface area contributed by atoms with Crippen molar-refractivity contribution in [3.8, 4) is 28.4 Å². The van der Waals surface area contributed by atoms with Crippen LogP contribution in [0.5, 0.6) is 11.5 Å². The molecule has 0 amide bonds. The van der Waals surface area contributed by atoms with Gasteiger partial charge in [-0.05, 0) is 37.3 Å². The standard InChI is InChI=1S/C23H22N4O2/c1-16-7-9-17(10-8-16)22-23(24-15-18-5-3-4-6-21(18)28)27(26-25-22)19-11-13-20(29-2)14-12-19/h3-14,24,28H,15H2,1-2H3. The molecule has 0 atom stereocenters. The minimum atomic E-state index is 0.250. The van der Waals surface area contributed by atoms with Gasteiger partial charge in [0.05, 0.1) is 12.8 Å². The quantitative estimate of drug-likeness (QED) is 0.508. The monoisotopic (exact) mass is 386 g/mol. The van der Waals surface area contributed by atoms with E-state index in [9.17, 15) is 5.11 Å². The summed E-state index contributed by atoms with van der Waals surface area (Å²) in [6.07, 6.45) is 0. The molecule has 1 heterocycles. The molecule has 6 heteroatoms. The van der Waals surface area contributed by atoms with Gasteiger partial charge in [0, 0.05) is 17.7 Å². The number of phenols is 1. The Morgan fingerprint density at radius 3 is 2.38 bits per heavy atom. The van der Waals surface area contributed by atoms with Crippen molar-refractivity contribution in [2.24, 2.45) is 0 Å². The Bertz CT molecular complexity index is 1100. The van der Waals surface area contributed by atoms with Crippen molar-refractivity contribution in [3.05, 3.63) is 83.9 Å². The molecule has 4 rings (SSSR count). The van der Waals surface area contributed by atoms with Gasteiger partial charge in [0.2, 0.25) is 0 Å². The van der Waals surface area contributed by atoms with E-state index in [1.54, 1.807) is 23.9 Å². The highest BCUT2D eigenvalue weighted by Gasteiger charge is 2.16. The van der Waals surface area contributed by atoms with E-state index >= 15 is 0 Å². The van der Waals surface area contributed by atoms with E-state index in [0.29, 0.717) is 6.54 Å². The minimum absolute atomic E-state index is 0.250. The largest absolute Gasteiger partial charge is 0.508 e. The maximum Gasteiger partial charge on any atom is 0.158 e. The van der Waals surface area contributed by atoms with Gasteiger partial charge in [-0.25, -0.2) is 0 Å². The number of phenolic OH excluding ortho intramolecular Hbond substituents is 1. The van der Waals surface area contributed by atoms with E-state index in [1.807, 2.05) is 48.5 Å². The summed E-state index contributed by atoms with van der Waals surface area (Å²) in [7, 11) is 1.64. The van der Waals surface area contributed by atoms with Crippen LogP contribution in [0.2, 0.25) is 0 Å². The van der Waals surface area contributed by atoms with Crippen LogP contribution in [0.3, 0.4) is 0 Å². The molecule has 6 nitrogen and oxygen atoms in total. The van der Waals surface area contributed by atoms with Crippen molar-refractivity contribution in [2.75, 3.05) is 12.4 Å². The first-order valence-electron chi connectivity index (χ1n) is 9.33. The van der Waals surface area contributed by atoms with Gasteiger partial charge < -0.3 is 15.2 Å². The number of hydrogen-bond acceptors (Lipinski definition) is 5. The van der Waals surface area contributed by atoms with Gasteiger partial charge in [0.25, 0.3) is 0 Å². The number of rotatable bonds is 6. The highest BCUT2D eigenvalue weighted by molar-refractivity contribution is 5.73. The third-order valence-electron chi connectivity index (χ3n) is 4.75. The molecule has 0 aliphatic rings. The Balaban J connectivity index is 1.74. The molecule has 0 radical (unpaired) electrons. The predicted octanol–water partition coefficient (Wildman–Crippen LogP) is 4.57. The first-order valence-corrected chi connectivity index (χ1v) is 9.33. The molecule has 1 aromatic heterocycles. The summed E-state index contributed by atoms with van der Waals surface area (Å²) in [5, 5.41) is 22.3. The van der Waals surface area contributed by atoms with Crippen LogP contribution in [-0.2, 0) is 6.54 Å². The molecule has 0 bridgehead atoms. The number of ether oxygens (including phenoxy) is 1. The van der Waals surface area contributed by atoms with Crippen LogP contribution >= 0.6 is 0 Å². The first-order chi connectivity index (χ1) is 14.2. The van der Waals surface area contributed by atoms with Crippen LogP contribution < -0.4 is 10.1 Å². The predicted molar refractivity (Wildman–Crippen MR) is 114 cm³/mol. The molecule has 0 aliphatic carbocycles. The number of anilines is 1. The van der Waals surface area contributed by atoms with Crippen LogP contribution in [0.15, 0.2) is 72.8 Å². The van der Waals surface area contributed by atoms with Gasteiger partial charge in [0.1, 0.15) is 17.2 Å². The third-order valence-corrected chi connectivity index (χ3v) is 4.75. The number of para-hydroxylation sites is 1. The number of nitrogens with zero attached hydrogens (tertiary/aromatic N) is 3. The molecular formula is C23H22N4O2. The lowest BCUT2D eigenvalue weighted by atomic mass is 10.1. The van der Waals surface area contributed by atoms with E-state index in [2.05, 4.69) is 34.7 Å². The summed E-state index contributed by atoms with van der Waals surface area (Å²) in [6, 6.07) is 23.1. The van der Waals surface area contributed by atoms with E-state index in [-0.39, 0.29) is 5.75 Å². The second kappa shape index (κ2) is 8.06. The summed E-state index contributed by atoms with van der Waals surface area (Å²) < 4.78 is 7.01. The van der Waals surface area contributed by atoms with Gasteiger partial charge in [-0.1, -0.05) is 53.2 Å². The highest BCUT2D eigenvalue weighted by atomic mass is 16.5. The normalized spacial score (nSPS) is 10.7. The fourth-order valence-corrected chi connectivity index (χ4v) is 3.09. The van der Waals surface area contributed by atoms with Crippen molar-refractivity contribution in [2.45, 2.75) is 13.5 Å². The molecule has 0 spiro atoms. The topological polar surface area (TPSA) is 72.2 Å². The zero-order valence-corrected chi connectivity index (χ0v) is 16.3. The summed E-state index contributed by atoms with van der Waals surface area (Å²) in [5.74, 6) is 1.78. The number of benzene rings is 3. The van der Waals surface area contributed by atoms with Crippen molar-refractivity contribution in [1.29, 1.82) is 0 Å². The minimum Gasteiger partial charge on any atom is -0.508 e. The fraction of sp³-hybridized carbons (Fsp3) is 0.130. The number of methoxy groups -OCH3 is 1. The van der Waals surface area contributed by atoms with Gasteiger partial charge in [0.15, 0.2) is 5.82 Å². The molecule has 3 aromatic carbocycles. The molecule has 146 valence electrons. The maximum absolute atomic E-state index is 10.1. The SMILES string of the molecule is COc1ccc(-n2nnc(-c3ccc(C)cc3)c2NCc2ccccc2O)cc1. The van der Waals surface area contributed by atoms with Gasteiger partial charge in [-0.2, -0.15) is 4.68 Å². The molecule has 0 unspecified atom stereocenters. The average molecular weight is 386 g/mol. The molecule has 0 saturated heterocycles. The summed E-state index contributed by atoms with van der Waals surface area (Å²) in [4.78, 5) is 0. The van der Waals surface area contributed by atoms with E-state index in [1.165, 1.54) is 5.56 Å². The van der Waals surface area contributed by atoms with Crippen LogP contribution in [-0.4, -0.2) is 27.2 Å². The second-order valence-electron chi connectivity index (χ2n) is 6.74. The van der Waals surface area contributed by atoms with Crippen LogP contribution in [0.4, 0.5) is 5.82 Å². The smallest absolute Gasteiger partial charge is 0.158 e. The van der Waals surface area contributed by atoms with E-state index < -0.39 is 0 Å². The van der Waals surface area contributed by atoms with Crippen molar-refractivity contribution < 1.29 is 9.84 Å². The molecule has 4 aromatic rings. The number of hydrogen-bond donors (Lipinski definition) is 2. The molecule has 0 saturated carbocycles. The van der Waals surface area contributed by atoms with Gasteiger partial charge >= 0.3 is 0 Å². The lowest BCUT2D eigenvalue weighted by molar-refractivity contribution is 0.414. The Morgan fingerprint density at radius 2 is 1.69 bits per heavy atom. The summed E-state index contributed by atoms with van der Waals surface area (Å²) in [5.41, 5.74) is 4.55. The fourth-order valence-electron chi connectivity index (χ4n) is 3.09. The zero-order chi connectivity index (χ0) is 20.2. The van der Waals surface area contributed by atoms with Crippen LogP contribution in [0, 0.1) is 6.92 Å². The van der Waals surface area contributed by atoms with Crippen molar-refractivity contribution in [1.82, 2.24) is 15.0 Å². The van der Waals surface area contributed by atoms with Crippen LogP contribution in [0.1, 0.15) is 11.1 Å². The highest BCUT2D eigenvalue weighted by Crippen LogP contribution is 2.30. The number of aromatic nitrogens is 3. The third kappa shape index (κ3) is 3.91. The lowest BCUT2D eigenvalue weighted by Crippen LogP contribution is -2.07. The Kier molecular flexibility index (Phi) is 5.16. The van der Waals surface area contributed by atoms with Gasteiger partial charge in [-0.15, -0.1) is 5.10 Å². The number of aryl methyl sites for hydroxylation is 1. The molecule has 0 aliphatic heterocycles. The lowest BCUT2D eigenvalue weighted by Gasteiger charge is -2.12. The van der Waals surface area contributed by atoms with Crippen molar-refractivity contribution >= 4 is 5.82 Å². The average Bonchev–Trinajstić information content (AvgIpc) is 3.17. The van der Waals surface area contributed by atoms with E-state index in [0.717, 1.165) is 34.1 Å². The Hall–Kier alpha value is -3.80. The van der Waals surface area contributed by atoms with Crippen molar-refractivity contribution in [3.63, 3.8) is 0 Å². The number of nitrogens with one attached hydrogen (secondary N) is 1. The molecular weight excluding hydrogens is 364 g/mol. The molecule has 2 N–H and O–H groups in total. The van der Waals surface area contributed by atoms with E-state index in [4.69, 9.17) is 4.74 Å². The van der Waals surface area contributed by atoms with Gasteiger partial charge in [-0.3, -0.25) is 0 Å². The summed E-state index contributed by atoms with van der Waals surface area (Å²) in [6.45, 7) is 2.49. The van der Waals surface area contributed by atoms with Crippen LogP contribution in [0.25, 0.3) is 16.9 Å². The summed E-state index contributed by atoms with van der Waals surface area (Å²) >= 11 is 0. The molecule has 29 heavy (non-hydrogen) atoms. The first kappa shape index (κ1) is 18.6.